The van der Waals surface area contributed by atoms with E-state index in [0.29, 0.717) is 32.5 Å². The van der Waals surface area contributed by atoms with E-state index in [1.807, 2.05) is 0 Å². The molecule has 2 rings (SSSR count). The summed E-state index contributed by atoms with van der Waals surface area (Å²) in [5.74, 6) is 1.00. The summed E-state index contributed by atoms with van der Waals surface area (Å²) < 4.78 is 5.26. The van der Waals surface area contributed by atoms with E-state index in [1.54, 1.807) is 0 Å². The van der Waals surface area contributed by atoms with Crippen molar-refractivity contribution in [3.63, 3.8) is 0 Å². The maximum atomic E-state index is 11.9. The first-order valence-corrected chi connectivity index (χ1v) is 8.01. The Bertz CT molecular complexity index is 500. The zero-order valence-electron chi connectivity index (χ0n) is 13.2. The van der Waals surface area contributed by atoms with Gasteiger partial charge in [0.05, 0.1) is 5.92 Å². The van der Waals surface area contributed by atoms with Crippen molar-refractivity contribution < 1.29 is 19.4 Å². The summed E-state index contributed by atoms with van der Waals surface area (Å²) in [6, 6.07) is 0. The summed E-state index contributed by atoms with van der Waals surface area (Å²) in [5.41, 5.74) is -0.476. The highest BCUT2D eigenvalue weighted by atomic mass is 16.5. The molecule has 7 nitrogen and oxygen atoms in total. The topological polar surface area (TPSA) is 100 Å². The van der Waals surface area contributed by atoms with Gasteiger partial charge in [0.1, 0.15) is 0 Å². The predicted octanol–water partition coefficient (Wildman–Crippen LogP) is 1.59. The monoisotopic (exact) mass is 321 g/mol. The molecule has 1 unspecified atom stereocenters. The maximum absolute atomic E-state index is 11.9. The summed E-state index contributed by atoms with van der Waals surface area (Å²) >= 11 is 0. The third-order valence-corrected chi connectivity index (χ3v) is 4.48. The van der Waals surface area contributed by atoms with Crippen LogP contribution in [-0.2, 0) is 14.3 Å². The molecule has 2 N–H and O–H groups in total. The number of carbonyl (C=O) groups is 2. The van der Waals surface area contributed by atoms with Crippen LogP contribution in [0.1, 0.15) is 38.5 Å². The minimum atomic E-state index is -0.866. The molecule has 1 fully saturated rings. The fourth-order valence-corrected chi connectivity index (χ4v) is 2.87. The number of hydrogen-bond donors (Lipinski definition) is 2. The van der Waals surface area contributed by atoms with Crippen LogP contribution in [0.2, 0.25) is 0 Å². The fraction of sp³-hybridized carbons (Fsp3) is 0.750. The molecule has 0 aromatic heterocycles. The third-order valence-electron chi connectivity index (χ3n) is 4.48. The molecule has 2 aliphatic heterocycles. The van der Waals surface area contributed by atoms with Crippen LogP contribution in [0.25, 0.3) is 0 Å². The van der Waals surface area contributed by atoms with Crippen molar-refractivity contribution in [2.45, 2.75) is 44.2 Å². The van der Waals surface area contributed by atoms with Gasteiger partial charge in [-0.25, -0.2) is 0 Å². The molecule has 2 aliphatic rings. The van der Waals surface area contributed by atoms with Crippen molar-refractivity contribution in [2.75, 3.05) is 19.8 Å². The van der Waals surface area contributed by atoms with Crippen LogP contribution in [-0.4, -0.2) is 42.4 Å². The summed E-state index contributed by atoms with van der Waals surface area (Å²) in [6.45, 7) is 1.33. The minimum absolute atomic E-state index is 0.0527. The second kappa shape index (κ2) is 8.06. The number of amides is 1. The molecule has 1 atom stereocenters. The van der Waals surface area contributed by atoms with Crippen molar-refractivity contribution in [3.05, 3.63) is 0 Å². The van der Waals surface area contributed by atoms with E-state index in [2.05, 4.69) is 21.5 Å². The Morgan fingerprint density at radius 2 is 2.04 bits per heavy atom. The highest BCUT2D eigenvalue weighted by Crippen LogP contribution is 2.37. The van der Waals surface area contributed by atoms with Gasteiger partial charge in [0.2, 0.25) is 5.91 Å². The first kappa shape index (κ1) is 17.4. The van der Waals surface area contributed by atoms with E-state index in [4.69, 9.17) is 11.2 Å². The Kier molecular flexibility index (Phi) is 6.11. The lowest BCUT2D eigenvalue weighted by Crippen LogP contribution is -2.39. The largest absolute Gasteiger partial charge is 0.481 e. The molecule has 2 heterocycles. The molecule has 7 heteroatoms. The van der Waals surface area contributed by atoms with Crippen molar-refractivity contribution >= 4 is 11.9 Å². The third kappa shape index (κ3) is 5.32. The minimum Gasteiger partial charge on any atom is -0.481 e. The van der Waals surface area contributed by atoms with Gasteiger partial charge >= 0.3 is 5.97 Å². The van der Waals surface area contributed by atoms with Crippen LogP contribution in [0.4, 0.5) is 0 Å². The molecule has 1 saturated heterocycles. The van der Waals surface area contributed by atoms with Crippen LogP contribution in [0, 0.1) is 24.2 Å². The second-order valence-corrected chi connectivity index (χ2v) is 6.09. The molecular formula is C16H23N3O4. The molecule has 23 heavy (non-hydrogen) atoms. The van der Waals surface area contributed by atoms with Gasteiger partial charge in [-0.2, -0.15) is 10.2 Å². The van der Waals surface area contributed by atoms with E-state index >= 15 is 0 Å². The van der Waals surface area contributed by atoms with Crippen molar-refractivity contribution in [2.24, 2.45) is 22.1 Å². The van der Waals surface area contributed by atoms with Gasteiger partial charge < -0.3 is 15.2 Å². The molecular weight excluding hydrogens is 298 g/mol. The number of hydrogen-bond acceptors (Lipinski definition) is 5. The van der Waals surface area contributed by atoms with Gasteiger partial charge in [-0.3, -0.25) is 9.59 Å². The molecule has 0 aliphatic carbocycles. The first-order chi connectivity index (χ1) is 11.1. The number of aliphatic carboxylic acids is 1. The standard InChI is InChI=1S/C16H23N3O4/c1-2-3-7-16(18-19-16)8-4-14(20)17-11-13(15(21)22)12-5-9-23-10-6-12/h1,12-13H,3-11H2,(H,17,20)(H,21,22). The number of carbonyl (C=O) groups excluding carboxylic acids is 1. The Hall–Kier alpha value is -1.94. The quantitative estimate of drug-likeness (QED) is 0.630. The van der Waals surface area contributed by atoms with E-state index in [-0.39, 0.29) is 24.8 Å². The van der Waals surface area contributed by atoms with Gasteiger partial charge in [0.15, 0.2) is 5.66 Å². The lowest BCUT2D eigenvalue weighted by atomic mass is 9.86. The Morgan fingerprint density at radius 3 is 2.61 bits per heavy atom. The van der Waals surface area contributed by atoms with Crippen molar-refractivity contribution in [1.29, 1.82) is 0 Å². The molecule has 0 spiro atoms. The van der Waals surface area contributed by atoms with Crippen LogP contribution < -0.4 is 5.32 Å². The SMILES string of the molecule is C#CCCC1(CCC(=O)NCC(C(=O)O)C2CCOCC2)N=N1. The van der Waals surface area contributed by atoms with Crippen molar-refractivity contribution in [3.8, 4) is 12.3 Å². The van der Waals surface area contributed by atoms with E-state index < -0.39 is 17.6 Å². The molecule has 1 amide bonds. The highest BCUT2D eigenvalue weighted by molar-refractivity contribution is 5.77. The molecule has 126 valence electrons. The Balaban J connectivity index is 1.71. The molecule has 0 saturated carbocycles. The number of carboxylic acids is 1. The average molecular weight is 321 g/mol. The molecule has 0 radical (unpaired) electrons. The fourth-order valence-electron chi connectivity index (χ4n) is 2.87. The second-order valence-electron chi connectivity index (χ2n) is 6.09. The lowest BCUT2D eigenvalue weighted by molar-refractivity contribution is -0.145. The number of nitrogens with one attached hydrogen (secondary N) is 1. The summed E-state index contributed by atoms with van der Waals surface area (Å²) in [6.07, 6.45) is 8.71. The Morgan fingerprint density at radius 1 is 1.35 bits per heavy atom. The number of ether oxygens (including phenoxy) is 1. The number of terminal acetylenes is 1. The smallest absolute Gasteiger partial charge is 0.308 e. The lowest BCUT2D eigenvalue weighted by Gasteiger charge is -2.27. The molecule has 0 aromatic rings. The number of rotatable bonds is 9. The van der Waals surface area contributed by atoms with E-state index in [0.717, 1.165) is 12.8 Å². The number of carboxylic acid groups (broad SMARTS) is 1. The molecule has 0 aromatic carbocycles. The first-order valence-electron chi connectivity index (χ1n) is 8.01. The van der Waals surface area contributed by atoms with Crippen LogP contribution >= 0.6 is 0 Å². The van der Waals surface area contributed by atoms with E-state index in [9.17, 15) is 14.7 Å². The summed E-state index contributed by atoms with van der Waals surface area (Å²) in [7, 11) is 0. The van der Waals surface area contributed by atoms with Crippen LogP contribution in [0.15, 0.2) is 10.2 Å². The molecule has 0 bridgehead atoms. The zero-order chi connectivity index (χ0) is 16.7. The average Bonchev–Trinajstić information content (AvgIpc) is 3.32. The maximum Gasteiger partial charge on any atom is 0.308 e. The van der Waals surface area contributed by atoms with Gasteiger partial charge in [0.25, 0.3) is 0 Å². The van der Waals surface area contributed by atoms with Gasteiger partial charge in [0, 0.05) is 45.4 Å². The van der Waals surface area contributed by atoms with Gasteiger partial charge in [-0.15, -0.1) is 12.3 Å². The zero-order valence-corrected chi connectivity index (χ0v) is 13.2. The van der Waals surface area contributed by atoms with Crippen LogP contribution in [0.3, 0.4) is 0 Å². The van der Waals surface area contributed by atoms with Crippen LogP contribution in [0.5, 0.6) is 0 Å². The number of nitrogens with zero attached hydrogens (tertiary/aromatic N) is 2. The van der Waals surface area contributed by atoms with Crippen molar-refractivity contribution in [1.82, 2.24) is 5.32 Å². The van der Waals surface area contributed by atoms with Gasteiger partial charge in [-0.1, -0.05) is 0 Å². The normalized spacial score (nSPS) is 20.5. The van der Waals surface area contributed by atoms with E-state index in [1.165, 1.54) is 0 Å². The Labute approximate surface area is 135 Å². The highest BCUT2D eigenvalue weighted by Gasteiger charge is 2.39. The summed E-state index contributed by atoms with van der Waals surface area (Å²) in [5, 5.41) is 20.1. The van der Waals surface area contributed by atoms with Gasteiger partial charge in [-0.05, 0) is 18.8 Å². The summed E-state index contributed by atoms with van der Waals surface area (Å²) in [4.78, 5) is 23.4. The predicted molar refractivity (Wildman–Crippen MR) is 82.6 cm³/mol.